The van der Waals surface area contributed by atoms with E-state index in [-0.39, 0.29) is 24.5 Å². The summed E-state index contributed by atoms with van der Waals surface area (Å²) in [6, 6.07) is 0. The van der Waals surface area contributed by atoms with Crippen LogP contribution in [0.2, 0.25) is 0 Å². The van der Waals surface area contributed by atoms with Gasteiger partial charge < -0.3 is 9.52 Å². The van der Waals surface area contributed by atoms with Crippen LogP contribution in [0.3, 0.4) is 0 Å². The van der Waals surface area contributed by atoms with E-state index in [9.17, 15) is 9.59 Å². The second-order valence-electron chi connectivity index (χ2n) is 3.94. The van der Waals surface area contributed by atoms with Gasteiger partial charge in [-0.3, -0.25) is 9.59 Å². The molecule has 15 heavy (non-hydrogen) atoms. The number of aromatic nitrogens is 1. The number of hydrogen-bond donors (Lipinski definition) is 1. The second kappa shape index (κ2) is 2.92. The van der Waals surface area contributed by atoms with Gasteiger partial charge in [0.25, 0.3) is 0 Å². The highest BCUT2D eigenvalue weighted by Gasteiger charge is 2.55. The van der Waals surface area contributed by atoms with Crippen LogP contribution in [0.1, 0.15) is 30.2 Å². The van der Waals surface area contributed by atoms with Crippen LogP contribution in [-0.2, 0) is 15.0 Å². The van der Waals surface area contributed by atoms with Crippen molar-refractivity contribution in [2.75, 3.05) is 0 Å². The monoisotopic (exact) mass is 209 g/mol. The highest BCUT2D eigenvalue weighted by Crippen LogP contribution is 2.41. The van der Waals surface area contributed by atoms with Gasteiger partial charge >= 0.3 is 5.97 Å². The lowest BCUT2D eigenvalue weighted by molar-refractivity contribution is -0.154. The van der Waals surface area contributed by atoms with Crippen molar-refractivity contribution in [2.45, 2.75) is 32.1 Å². The Bertz CT molecular complexity index is 419. The Labute approximate surface area is 86.1 Å². The Morgan fingerprint density at radius 2 is 2.07 bits per heavy atom. The number of carbonyl (C=O) groups is 2. The summed E-state index contributed by atoms with van der Waals surface area (Å²) in [6.07, 6.45) is -0.0244. The van der Waals surface area contributed by atoms with Crippen LogP contribution in [-0.4, -0.2) is 21.8 Å². The normalized spacial score (nSPS) is 18.7. The molecule has 0 aromatic carbocycles. The van der Waals surface area contributed by atoms with Crippen LogP contribution in [0.25, 0.3) is 0 Å². The first kappa shape index (κ1) is 9.89. The molecule has 0 amide bonds. The van der Waals surface area contributed by atoms with E-state index >= 15 is 0 Å². The Hall–Kier alpha value is -1.65. The van der Waals surface area contributed by atoms with Gasteiger partial charge in [-0.25, -0.2) is 4.98 Å². The average Bonchev–Trinajstić information content (AvgIpc) is 2.40. The third-order valence-electron chi connectivity index (χ3n) is 2.85. The lowest BCUT2D eigenvalue weighted by Crippen LogP contribution is -2.48. The lowest BCUT2D eigenvalue weighted by atomic mass is 9.67. The van der Waals surface area contributed by atoms with Gasteiger partial charge in [-0.15, -0.1) is 0 Å². The second-order valence-corrected chi connectivity index (χ2v) is 3.94. The van der Waals surface area contributed by atoms with E-state index in [1.54, 1.807) is 13.8 Å². The van der Waals surface area contributed by atoms with Crippen LogP contribution in [0.5, 0.6) is 0 Å². The van der Waals surface area contributed by atoms with E-state index in [1.165, 1.54) is 0 Å². The van der Waals surface area contributed by atoms with Crippen molar-refractivity contribution < 1.29 is 19.1 Å². The maximum absolute atomic E-state index is 11.1. The molecule has 0 unspecified atom stereocenters. The molecule has 1 aliphatic rings. The van der Waals surface area contributed by atoms with Gasteiger partial charge in [0.1, 0.15) is 11.5 Å². The van der Waals surface area contributed by atoms with Crippen LogP contribution in [0, 0.1) is 13.8 Å². The summed E-state index contributed by atoms with van der Waals surface area (Å²) in [4.78, 5) is 26.1. The van der Waals surface area contributed by atoms with Gasteiger partial charge in [-0.05, 0) is 13.8 Å². The summed E-state index contributed by atoms with van der Waals surface area (Å²) >= 11 is 0. The van der Waals surface area contributed by atoms with E-state index in [0.29, 0.717) is 11.5 Å². The molecule has 0 atom stereocenters. The van der Waals surface area contributed by atoms with E-state index in [4.69, 9.17) is 9.52 Å². The molecule has 1 heterocycles. The highest BCUT2D eigenvalue weighted by molar-refractivity contribution is 6.00. The van der Waals surface area contributed by atoms with Gasteiger partial charge in [-0.1, -0.05) is 0 Å². The van der Waals surface area contributed by atoms with Crippen molar-refractivity contribution in [1.29, 1.82) is 0 Å². The van der Waals surface area contributed by atoms with Gasteiger partial charge in [0.2, 0.25) is 5.89 Å². The van der Waals surface area contributed by atoms with Gasteiger partial charge in [0.05, 0.1) is 5.69 Å². The van der Waals surface area contributed by atoms with Crippen LogP contribution < -0.4 is 0 Å². The predicted molar refractivity (Wildman–Crippen MR) is 49.5 cm³/mol. The number of carboxylic acids is 1. The molecule has 1 N–H and O–H groups in total. The number of aliphatic carboxylic acids is 1. The fourth-order valence-electron chi connectivity index (χ4n) is 1.69. The first-order valence-corrected chi connectivity index (χ1v) is 4.65. The standard InChI is InChI=1S/C10H11NO4/c1-5-6(2)15-8(11-5)10(9(13)14)3-7(12)4-10/h3-4H2,1-2H3,(H,13,14). The van der Waals surface area contributed by atoms with Gasteiger partial charge in [0, 0.05) is 12.8 Å². The topological polar surface area (TPSA) is 80.4 Å². The maximum atomic E-state index is 11.1. The summed E-state index contributed by atoms with van der Waals surface area (Å²) in [5.41, 5.74) is -0.541. The molecule has 80 valence electrons. The number of hydrogen-bond acceptors (Lipinski definition) is 4. The Morgan fingerprint density at radius 3 is 2.40 bits per heavy atom. The van der Waals surface area contributed by atoms with E-state index in [2.05, 4.69) is 4.98 Å². The number of ketones is 1. The molecule has 0 radical (unpaired) electrons. The molecular weight excluding hydrogens is 198 g/mol. The molecule has 0 bridgehead atoms. The number of carbonyl (C=O) groups excluding carboxylic acids is 1. The maximum Gasteiger partial charge on any atom is 0.320 e. The lowest BCUT2D eigenvalue weighted by Gasteiger charge is -2.32. The smallest absolute Gasteiger partial charge is 0.320 e. The fourth-order valence-corrected chi connectivity index (χ4v) is 1.69. The molecule has 1 fully saturated rings. The number of rotatable bonds is 2. The molecule has 5 heteroatoms. The molecule has 2 rings (SSSR count). The van der Waals surface area contributed by atoms with Gasteiger partial charge in [-0.2, -0.15) is 0 Å². The minimum Gasteiger partial charge on any atom is -0.480 e. The first-order chi connectivity index (χ1) is 6.95. The molecule has 1 aliphatic carbocycles. The van der Waals surface area contributed by atoms with Crippen molar-refractivity contribution in [1.82, 2.24) is 4.98 Å². The van der Waals surface area contributed by atoms with Gasteiger partial charge in [0.15, 0.2) is 5.41 Å². The molecule has 0 aliphatic heterocycles. The zero-order valence-corrected chi connectivity index (χ0v) is 8.53. The number of aryl methyl sites for hydroxylation is 2. The van der Waals surface area contributed by atoms with E-state index in [1.807, 2.05) is 0 Å². The van der Waals surface area contributed by atoms with Crippen LogP contribution in [0.4, 0.5) is 0 Å². The summed E-state index contributed by atoms with van der Waals surface area (Å²) in [7, 11) is 0. The molecule has 1 saturated carbocycles. The highest BCUT2D eigenvalue weighted by atomic mass is 16.4. The van der Waals surface area contributed by atoms with E-state index in [0.717, 1.165) is 0 Å². The Morgan fingerprint density at radius 1 is 1.47 bits per heavy atom. The number of oxazole rings is 1. The van der Waals surface area contributed by atoms with Crippen molar-refractivity contribution in [3.05, 3.63) is 17.3 Å². The zero-order chi connectivity index (χ0) is 11.2. The molecule has 0 saturated heterocycles. The average molecular weight is 209 g/mol. The minimum absolute atomic E-state index is 0.0122. The molecular formula is C10H11NO4. The summed E-state index contributed by atoms with van der Waals surface area (Å²) in [6.45, 7) is 3.47. The Kier molecular flexibility index (Phi) is 1.92. The number of carboxylic acid groups (broad SMARTS) is 1. The summed E-state index contributed by atoms with van der Waals surface area (Å²) < 4.78 is 5.29. The SMILES string of the molecule is Cc1nc(C2(C(=O)O)CC(=O)C2)oc1C. The molecule has 0 spiro atoms. The van der Waals surface area contributed by atoms with Crippen molar-refractivity contribution in [2.24, 2.45) is 0 Å². The third-order valence-corrected chi connectivity index (χ3v) is 2.85. The summed E-state index contributed by atoms with van der Waals surface area (Å²) in [5, 5.41) is 9.10. The predicted octanol–water partition coefficient (Wildman–Crippen LogP) is 0.977. The number of nitrogens with zero attached hydrogens (tertiary/aromatic N) is 1. The van der Waals surface area contributed by atoms with Crippen molar-refractivity contribution >= 4 is 11.8 Å². The fraction of sp³-hybridized carbons (Fsp3) is 0.500. The van der Waals surface area contributed by atoms with Crippen molar-refractivity contribution in [3.63, 3.8) is 0 Å². The number of Topliss-reactive ketones (excluding diaryl/α,β-unsaturated/α-hetero) is 1. The summed E-state index contributed by atoms with van der Waals surface area (Å²) in [5.74, 6) is -0.344. The van der Waals surface area contributed by atoms with Crippen LogP contribution in [0.15, 0.2) is 4.42 Å². The molecule has 1 aromatic rings. The largest absolute Gasteiger partial charge is 0.480 e. The van der Waals surface area contributed by atoms with E-state index < -0.39 is 11.4 Å². The Balaban J connectivity index is 2.43. The van der Waals surface area contributed by atoms with Crippen molar-refractivity contribution in [3.8, 4) is 0 Å². The third kappa shape index (κ3) is 1.26. The minimum atomic E-state index is -1.21. The first-order valence-electron chi connectivity index (χ1n) is 4.65. The molecule has 5 nitrogen and oxygen atoms in total. The zero-order valence-electron chi connectivity index (χ0n) is 8.53. The molecule has 1 aromatic heterocycles. The van der Waals surface area contributed by atoms with Crippen LogP contribution >= 0.6 is 0 Å². The quantitative estimate of drug-likeness (QED) is 0.785.